The zero-order chi connectivity index (χ0) is 17.4. The number of rotatable bonds is 9. The lowest BCUT2D eigenvalue weighted by atomic mass is 10.3. The van der Waals surface area contributed by atoms with E-state index >= 15 is 0 Å². The molecule has 0 bridgehead atoms. The maximum atomic E-state index is 12.1. The number of nitrogens with zero attached hydrogens (tertiary/aromatic N) is 1. The Morgan fingerprint density at radius 3 is 2.29 bits per heavy atom. The smallest absolute Gasteiger partial charge is 0.269 e. The van der Waals surface area contributed by atoms with E-state index in [-0.39, 0.29) is 17.1 Å². The van der Waals surface area contributed by atoms with Crippen LogP contribution in [0.1, 0.15) is 12.8 Å². The van der Waals surface area contributed by atoms with Gasteiger partial charge in [-0.15, -0.1) is 0 Å². The quantitative estimate of drug-likeness (QED) is 0.426. The first kappa shape index (κ1) is 17.9. The van der Waals surface area contributed by atoms with Gasteiger partial charge in [-0.25, -0.2) is 13.1 Å². The van der Waals surface area contributed by atoms with Crippen molar-refractivity contribution in [3.63, 3.8) is 0 Å². The van der Waals surface area contributed by atoms with Gasteiger partial charge in [0.15, 0.2) is 0 Å². The van der Waals surface area contributed by atoms with Gasteiger partial charge in [-0.1, -0.05) is 18.2 Å². The van der Waals surface area contributed by atoms with E-state index in [9.17, 15) is 18.5 Å². The van der Waals surface area contributed by atoms with Crippen LogP contribution in [0.15, 0.2) is 59.5 Å². The molecule has 0 aliphatic carbocycles. The second-order valence-electron chi connectivity index (χ2n) is 5.02. The molecule has 0 aromatic heterocycles. The van der Waals surface area contributed by atoms with E-state index in [0.717, 1.165) is 5.75 Å². The molecule has 0 saturated heterocycles. The van der Waals surface area contributed by atoms with Gasteiger partial charge in [0, 0.05) is 18.7 Å². The summed E-state index contributed by atoms with van der Waals surface area (Å²) in [7, 11) is -3.66. The van der Waals surface area contributed by atoms with Crippen LogP contribution in [0.4, 0.5) is 5.69 Å². The fourth-order valence-electron chi connectivity index (χ4n) is 1.97. The van der Waals surface area contributed by atoms with Gasteiger partial charge < -0.3 is 4.74 Å². The van der Waals surface area contributed by atoms with Crippen molar-refractivity contribution in [3.05, 3.63) is 64.7 Å². The minimum absolute atomic E-state index is 0.00800. The van der Waals surface area contributed by atoms with Crippen LogP contribution in [0.2, 0.25) is 0 Å². The molecule has 0 radical (unpaired) electrons. The van der Waals surface area contributed by atoms with Crippen LogP contribution in [-0.4, -0.2) is 26.5 Å². The first-order valence-electron chi connectivity index (χ1n) is 7.41. The number of hydrogen-bond donors (Lipinski definition) is 1. The van der Waals surface area contributed by atoms with E-state index in [2.05, 4.69) is 4.72 Å². The van der Waals surface area contributed by atoms with Gasteiger partial charge in [0.25, 0.3) is 5.69 Å². The first-order chi connectivity index (χ1) is 11.5. The molecule has 2 rings (SSSR count). The summed E-state index contributed by atoms with van der Waals surface area (Å²) in [6.07, 6.45) is 1.33. The van der Waals surface area contributed by atoms with Crippen molar-refractivity contribution in [1.29, 1.82) is 0 Å². The molecule has 0 heterocycles. The highest BCUT2D eigenvalue weighted by molar-refractivity contribution is 7.89. The molecule has 2 aromatic rings. The number of sulfonamides is 1. The van der Waals surface area contributed by atoms with Gasteiger partial charge in [-0.3, -0.25) is 10.1 Å². The number of nitro benzene ring substituents is 1. The van der Waals surface area contributed by atoms with E-state index < -0.39 is 14.9 Å². The number of nitrogens with one attached hydrogen (secondary N) is 1. The van der Waals surface area contributed by atoms with Gasteiger partial charge in [0.05, 0.1) is 16.4 Å². The molecular formula is C16H18N2O5S. The van der Waals surface area contributed by atoms with E-state index in [1.807, 2.05) is 30.3 Å². The summed E-state index contributed by atoms with van der Waals surface area (Å²) in [4.78, 5) is 10.0. The summed E-state index contributed by atoms with van der Waals surface area (Å²) >= 11 is 0. The number of unbranched alkanes of at least 4 members (excludes halogenated alkanes) is 1. The molecule has 0 saturated carbocycles. The van der Waals surface area contributed by atoms with E-state index in [0.29, 0.717) is 19.4 Å². The lowest BCUT2D eigenvalue weighted by molar-refractivity contribution is -0.384. The third-order valence-corrected chi connectivity index (χ3v) is 4.71. The SMILES string of the molecule is O=[N+]([O-])c1ccc(S(=O)(=O)NCCCCOc2ccccc2)cc1. The van der Waals surface area contributed by atoms with Crippen LogP contribution >= 0.6 is 0 Å². The number of benzene rings is 2. The predicted octanol–water partition coefficient (Wildman–Crippen LogP) is 2.73. The van der Waals surface area contributed by atoms with Crippen molar-refractivity contribution in [2.45, 2.75) is 17.7 Å². The number of ether oxygens (including phenoxy) is 1. The third-order valence-electron chi connectivity index (χ3n) is 3.23. The molecule has 7 nitrogen and oxygen atoms in total. The van der Waals surface area contributed by atoms with Crippen molar-refractivity contribution in [2.75, 3.05) is 13.2 Å². The van der Waals surface area contributed by atoms with Crippen LogP contribution in [0.5, 0.6) is 5.75 Å². The maximum Gasteiger partial charge on any atom is 0.269 e. The van der Waals surface area contributed by atoms with Crippen LogP contribution in [0, 0.1) is 10.1 Å². The predicted molar refractivity (Wildman–Crippen MR) is 89.5 cm³/mol. The Morgan fingerprint density at radius 1 is 1.00 bits per heavy atom. The summed E-state index contributed by atoms with van der Waals surface area (Å²) in [6.45, 7) is 0.779. The zero-order valence-electron chi connectivity index (χ0n) is 12.9. The van der Waals surface area contributed by atoms with E-state index in [1.54, 1.807) is 0 Å². The minimum atomic E-state index is -3.66. The van der Waals surface area contributed by atoms with Crippen molar-refractivity contribution in [2.24, 2.45) is 0 Å². The Bertz CT molecular complexity index is 761. The molecule has 0 fully saturated rings. The molecule has 8 heteroatoms. The second kappa shape index (κ2) is 8.42. The Balaban J connectivity index is 1.73. The molecule has 0 amide bonds. The van der Waals surface area contributed by atoms with E-state index in [1.165, 1.54) is 24.3 Å². The van der Waals surface area contributed by atoms with Crippen LogP contribution in [-0.2, 0) is 10.0 Å². The lowest BCUT2D eigenvalue weighted by Crippen LogP contribution is -2.25. The number of hydrogen-bond acceptors (Lipinski definition) is 5. The molecule has 1 N–H and O–H groups in total. The fourth-order valence-corrected chi connectivity index (χ4v) is 3.04. The Kier molecular flexibility index (Phi) is 6.28. The highest BCUT2D eigenvalue weighted by Gasteiger charge is 2.14. The average molecular weight is 350 g/mol. The molecule has 24 heavy (non-hydrogen) atoms. The molecule has 2 aromatic carbocycles. The summed E-state index contributed by atoms with van der Waals surface area (Å²) in [6, 6.07) is 14.2. The van der Waals surface area contributed by atoms with Crippen molar-refractivity contribution < 1.29 is 18.1 Å². The summed E-state index contributed by atoms with van der Waals surface area (Å²) in [5.41, 5.74) is -0.146. The Hall–Kier alpha value is -2.45. The Labute approximate surface area is 140 Å². The van der Waals surface area contributed by atoms with Crippen molar-refractivity contribution >= 4 is 15.7 Å². The topological polar surface area (TPSA) is 98.5 Å². The molecule has 0 atom stereocenters. The van der Waals surface area contributed by atoms with Gasteiger partial charge in [-0.2, -0.15) is 0 Å². The van der Waals surface area contributed by atoms with Gasteiger partial charge in [-0.05, 0) is 37.1 Å². The van der Waals surface area contributed by atoms with Gasteiger partial charge >= 0.3 is 0 Å². The Morgan fingerprint density at radius 2 is 1.67 bits per heavy atom. The number of non-ortho nitro benzene ring substituents is 1. The monoisotopic (exact) mass is 350 g/mol. The second-order valence-corrected chi connectivity index (χ2v) is 6.78. The summed E-state index contributed by atoms with van der Waals surface area (Å²) in [5.74, 6) is 0.781. The number of nitro groups is 1. The van der Waals surface area contributed by atoms with Crippen molar-refractivity contribution in [1.82, 2.24) is 4.72 Å². The molecule has 0 aliphatic rings. The standard InChI is InChI=1S/C16H18N2O5S/c19-18(20)14-8-10-16(11-9-14)24(21,22)17-12-4-5-13-23-15-6-2-1-3-7-15/h1-3,6-11,17H,4-5,12-13H2. The molecular weight excluding hydrogens is 332 g/mol. The third kappa shape index (κ3) is 5.32. The molecule has 0 aliphatic heterocycles. The van der Waals surface area contributed by atoms with Crippen LogP contribution in [0.3, 0.4) is 0 Å². The normalized spacial score (nSPS) is 11.2. The molecule has 128 valence electrons. The molecule has 0 spiro atoms. The fraction of sp³-hybridized carbons (Fsp3) is 0.250. The highest BCUT2D eigenvalue weighted by Crippen LogP contribution is 2.15. The molecule has 0 unspecified atom stereocenters. The summed E-state index contributed by atoms with van der Waals surface area (Å²) in [5, 5.41) is 10.6. The highest BCUT2D eigenvalue weighted by atomic mass is 32.2. The van der Waals surface area contributed by atoms with Crippen LogP contribution < -0.4 is 9.46 Å². The lowest BCUT2D eigenvalue weighted by Gasteiger charge is -2.08. The first-order valence-corrected chi connectivity index (χ1v) is 8.89. The number of para-hydroxylation sites is 1. The zero-order valence-corrected chi connectivity index (χ0v) is 13.7. The minimum Gasteiger partial charge on any atom is -0.494 e. The van der Waals surface area contributed by atoms with E-state index in [4.69, 9.17) is 4.74 Å². The maximum absolute atomic E-state index is 12.1. The summed E-state index contributed by atoms with van der Waals surface area (Å²) < 4.78 is 32.1. The van der Waals surface area contributed by atoms with Gasteiger partial charge in [0.2, 0.25) is 10.0 Å². The van der Waals surface area contributed by atoms with Crippen molar-refractivity contribution in [3.8, 4) is 5.75 Å². The van der Waals surface area contributed by atoms with Gasteiger partial charge in [0.1, 0.15) is 5.75 Å². The van der Waals surface area contributed by atoms with Crippen LogP contribution in [0.25, 0.3) is 0 Å². The average Bonchev–Trinajstić information content (AvgIpc) is 2.59. The largest absolute Gasteiger partial charge is 0.494 e.